The first-order valence-corrected chi connectivity index (χ1v) is 8.26. The van der Waals surface area contributed by atoms with Gasteiger partial charge in [0.05, 0.1) is 45.1 Å². The number of nitrogens with zero attached hydrogens (tertiary/aromatic N) is 4. The zero-order chi connectivity index (χ0) is 20.1. The topological polar surface area (TPSA) is 112 Å². The third kappa shape index (κ3) is 3.95. The van der Waals surface area contributed by atoms with E-state index in [1.807, 2.05) is 6.92 Å². The molecule has 0 bridgehead atoms. The molecule has 2 heterocycles. The van der Waals surface area contributed by atoms with Crippen molar-refractivity contribution in [2.75, 3.05) is 32.0 Å². The molecule has 0 atom stereocenters. The second kappa shape index (κ2) is 8.25. The van der Waals surface area contributed by atoms with E-state index in [1.165, 1.54) is 33.7 Å². The highest BCUT2D eigenvalue weighted by Gasteiger charge is 2.14. The van der Waals surface area contributed by atoms with Crippen LogP contribution < -0.4 is 24.8 Å². The van der Waals surface area contributed by atoms with Crippen LogP contribution in [0.1, 0.15) is 5.82 Å². The molecule has 0 fully saturated rings. The van der Waals surface area contributed by atoms with Crippen LogP contribution in [0.3, 0.4) is 0 Å². The van der Waals surface area contributed by atoms with Gasteiger partial charge in [-0.15, -0.1) is 0 Å². The van der Waals surface area contributed by atoms with E-state index in [2.05, 4.69) is 25.6 Å². The Labute approximate surface area is 161 Å². The summed E-state index contributed by atoms with van der Waals surface area (Å²) in [6.45, 7) is 1.85. The number of amides is 2. The molecule has 2 aromatic heterocycles. The van der Waals surface area contributed by atoms with Gasteiger partial charge in [0.15, 0.2) is 11.5 Å². The van der Waals surface area contributed by atoms with Crippen molar-refractivity contribution in [3.63, 3.8) is 0 Å². The van der Waals surface area contributed by atoms with E-state index in [0.29, 0.717) is 34.6 Å². The van der Waals surface area contributed by atoms with Crippen molar-refractivity contribution in [1.29, 1.82) is 0 Å². The minimum Gasteiger partial charge on any atom is -0.493 e. The van der Waals surface area contributed by atoms with Gasteiger partial charge in [-0.05, 0) is 6.92 Å². The molecule has 0 unspecified atom stereocenters. The van der Waals surface area contributed by atoms with Crippen molar-refractivity contribution >= 4 is 17.4 Å². The van der Waals surface area contributed by atoms with Gasteiger partial charge in [0, 0.05) is 24.5 Å². The molecular formula is C18H20N6O4. The molecular weight excluding hydrogens is 364 g/mol. The van der Waals surface area contributed by atoms with Crippen LogP contribution in [0.5, 0.6) is 17.2 Å². The van der Waals surface area contributed by atoms with Gasteiger partial charge in [-0.1, -0.05) is 0 Å². The molecule has 0 aliphatic rings. The number of carbonyl (C=O) groups is 1. The highest BCUT2D eigenvalue weighted by molar-refractivity contribution is 6.00. The average Bonchev–Trinajstić information content (AvgIpc) is 3.13. The molecule has 146 valence electrons. The van der Waals surface area contributed by atoms with Crippen molar-refractivity contribution in [3.8, 4) is 23.2 Å². The number of hydrogen-bond acceptors (Lipinski definition) is 7. The Morgan fingerprint density at radius 2 is 1.54 bits per heavy atom. The van der Waals surface area contributed by atoms with Gasteiger partial charge in [-0.2, -0.15) is 0 Å². The van der Waals surface area contributed by atoms with Gasteiger partial charge in [0.2, 0.25) is 11.7 Å². The summed E-state index contributed by atoms with van der Waals surface area (Å²) in [5.41, 5.74) is 0.907. The molecule has 0 radical (unpaired) electrons. The van der Waals surface area contributed by atoms with Gasteiger partial charge in [-0.25, -0.2) is 19.7 Å². The molecule has 0 aliphatic carbocycles. The first kappa shape index (κ1) is 19.0. The number of aromatic nitrogens is 4. The fourth-order valence-electron chi connectivity index (χ4n) is 2.55. The summed E-state index contributed by atoms with van der Waals surface area (Å²) in [7, 11) is 4.51. The quantitative estimate of drug-likeness (QED) is 0.672. The monoisotopic (exact) mass is 384 g/mol. The maximum Gasteiger partial charge on any atom is 0.323 e. The van der Waals surface area contributed by atoms with Crippen LogP contribution in [0.15, 0.2) is 36.9 Å². The summed E-state index contributed by atoms with van der Waals surface area (Å²) in [6.07, 6.45) is 6.44. The second-order valence-corrected chi connectivity index (χ2v) is 5.61. The molecule has 3 rings (SSSR count). The number of methoxy groups -OCH3 is 3. The highest BCUT2D eigenvalue weighted by Crippen LogP contribution is 2.39. The number of carbonyl (C=O) groups excluding carboxylic acids is 1. The van der Waals surface area contributed by atoms with Crippen LogP contribution in [0.2, 0.25) is 0 Å². The van der Waals surface area contributed by atoms with E-state index in [0.717, 1.165) is 5.82 Å². The second-order valence-electron chi connectivity index (χ2n) is 5.61. The van der Waals surface area contributed by atoms with Crippen molar-refractivity contribution in [3.05, 3.63) is 42.7 Å². The van der Waals surface area contributed by atoms with Crippen LogP contribution in [0.25, 0.3) is 5.95 Å². The Balaban J connectivity index is 1.71. The zero-order valence-corrected chi connectivity index (χ0v) is 15.9. The fourth-order valence-corrected chi connectivity index (χ4v) is 2.55. The van der Waals surface area contributed by atoms with E-state index in [1.54, 1.807) is 29.1 Å². The van der Waals surface area contributed by atoms with Crippen LogP contribution in [0, 0.1) is 6.92 Å². The molecule has 10 heteroatoms. The average molecular weight is 384 g/mol. The first-order chi connectivity index (χ1) is 13.5. The minimum absolute atomic E-state index is 0.431. The molecule has 0 aliphatic heterocycles. The Morgan fingerprint density at radius 1 is 0.929 bits per heavy atom. The Bertz CT molecular complexity index is 945. The van der Waals surface area contributed by atoms with E-state index in [9.17, 15) is 4.79 Å². The molecule has 3 aromatic rings. The Hall–Kier alpha value is -3.82. The predicted octanol–water partition coefficient (Wildman–Crippen LogP) is 2.64. The van der Waals surface area contributed by atoms with Gasteiger partial charge in [0.25, 0.3) is 0 Å². The van der Waals surface area contributed by atoms with Gasteiger partial charge in [-0.3, -0.25) is 4.57 Å². The number of urea groups is 1. The lowest BCUT2D eigenvalue weighted by molar-refractivity contribution is 0.262. The molecule has 2 N–H and O–H groups in total. The lowest BCUT2D eigenvalue weighted by Crippen LogP contribution is -2.20. The number of nitrogens with one attached hydrogen (secondary N) is 2. The van der Waals surface area contributed by atoms with Crippen LogP contribution in [0.4, 0.5) is 16.2 Å². The summed E-state index contributed by atoms with van der Waals surface area (Å²) in [6, 6.07) is 2.79. The number of rotatable bonds is 6. The van der Waals surface area contributed by atoms with Crippen molar-refractivity contribution in [2.45, 2.75) is 6.92 Å². The summed E-state index contributed by atoms with van der Waals surface area (Å²) < 4.78 is 17.5. The number of ether oxygens (including phenoxy) is 3. The Morgan fingerprint density at radius 3 is 2.04 bits per heavy atom. The smallest absolute Gasteiger partial charge is 0.323 e. The maximum atomic E-state index is 12.3. The molecule has 10 nitrogen and oxygen atoms in total. The van der Waals surface area contributed by atoms with Gasteiger partial charge in [0.1, 0.15) is 5.82 Å². The number of hydrogen-bond donors (Lipinski definition) is 2. The fraction of sp³-hybridized carbons (Fsp3) is 0.222. The molecule has 2 amide bonds. The third-order valence-corrected chi connectivity index (χ3v) is 3.86. The predicted molar refractivity (Wildman–Crippen MR) is 103 cm³/mol. The summed E-state index contributed by atoms with van der Waals surface area (Å²) in [4.78, 5) is 24.9. The number of benzene rings is 1. The molecule has 0 saturated carbocycles. The number of imidazole rings is 1. The maximum absolute atomic E-state index is 12.3. The van der Waals surface area contributed by atoms with Crippen LogP contribution >= 0.6 is 0 Å². The SMILES string of the molecule is COc1cc(NC(=O)Nc2cnc(-n3ccnc3C)nc2)cc(OC)c1OC. The van der Waals surface area contributed by atoms with E-state index >= 15 is 0 Å². The number of anilines is 2. The van der Waals surface area contributed by atoms with Crippen LogP contribution in [-0.2, 0) is 0 Å². The van der Waals surface area contributed by atoms with Crippen molar-refractivity contribution in [1.82, 2.24) is 19.5 Å². The third-order valence-electron chi connectivity index (χ3n) is 3.86. The van der Waals surface area contributed by atoms with Gasteiger partial charge < -0.3 is 24.8 Å². The van der Waals surface area contributed by atoms with Gasteiger partial charge >= 0.3 is 6.03 Å². The summed E-state index contributed by atoms with van der Waals surface area (Å²) in [5, 5.41) is 5.37. The van der Waals surface area contributed by atoms with Crippen molar-refractivity contribution < 1.29 is 19.0 Å². The lowest BCUT2D eigenvalue weighted by atomic mass is 10.2. The number of aryl methyl sites for hydroxylation is 1. The van der Waals surface area contributed by atoms with E-state index in [4.69, 9.17) is 14.2 Å². The molecule has 28 heavy (non-hydrogen) atoms. The largest absolute Gasteiger partial charge is 0.493 e. The molecule has 1 aromatic carbocycles. The first-order valence-electron chi connectivity index (χ1n) is 8.26. The standard InChI is InChI=1S/C18H20N6O4/c1-11-19-5-6-24(11)17-20-9-13(10-21-17)23-18(25)22-12-7-14(26-2)16(28-4)15(8-12)27-3/h5-10H,1-4H3,(H2,22,23,25). The highest BCUT2D eigenvalue weighted by atomic mass is 16.5. The lowest BCUT2D eigenvalue weighted by Gasteiger charge is -2.15. The van der Waals surface area contributed by atoms with Crippen molar-refractivity contribution in [2.24, 2.45) is 0 Å². The summed E-state index contributed by atoms with van der Waals surface area (Å²) in [5.74, 6) is 2.53. The Kier molecular flexibility index (Phi) is 5.58. The summed E-state index contributed by atoms with van der Waals surface area (Å²) >= 11 is 0. The van der Waals surface area contributed by atoms with E-state index < -0.39 is 6.03 Å². The zero-order valence-electron chi connectivity index (χ0n) is 15.9. The molecule has 0 saturated heterocycles. The van der Waals surface area contributed by atoms with Crippen LogP contribution in [-0.4, -0.2) is 46.9 Å². The molecule has 0 spiro atoms. The van der Waals surface area contributed by atoms with E-state index in [-0.39, 0.29) is 0 Å². The normalized spacial score (nSPS) is 10.3. The minimum atomic E-state index is -0.468.